The molecule has 0 radical (unpaired) electrons. The second-order valence-electron chi connectivity index (χ2n) is 4.94. The van der Waals surface area contributed by atoms with Crippen LogP contribution in [0.3, 0.4) is 0 Å². The zero-order chi connectivity index (χ0) is 14.8. The second kappa shape index (κ2) is 6.17. The molecule has 0 saturated carbocycles. The standard InChI is InChI=1S/C14H16ClFN2O3/c15-8-13-14(19)18(9-21-13)10-1-2-12(11(16)7-10)17-3-5-20-6-4-17/h1-2,7,13H,3-6,8-9H2/t13-/m0/s1. The summed E-state index contributed by atoms with van der Waals surface area (Å²) in [6.07, 6.45) is -0.645. The van der Waals surface area contributed by atoms with Crippen LogP contribution in [0.2, 0.25) is 0 Å². The molecule has 1 aromatic rings. The Bertz CT molecular complexity index is 537. The van der Waals surface area contributed by atoms with Gasteiger partial charge in [-0.15, -0.1) is 11.6 Å². The molecule has 0 N–H and O–H groups in total. The minimum Gasteiger partial charge on any atom is -0.378 e. The van der Waals surface area contributed by atoms with E-state index < -0.39 is 6.10 Å². The van der Waals surface area contributed by atoms with Gasteiger partial charge < -0.3 is 14.4 Å². The van der Waals surface area contributed by atoms with Crippen LogP contribution in [0.5, 0.6) is 0 Å². The van der Waals surface area contributed by atoms with Gasteiger partial charge in [-0.2, -0.15) is 0 Å². The van der Waals surface area contributed by atoms with E-state index >= 15 is 0 Å². The topological polar surface area (TPSA) is 42.0 Å². The molecule has 2 heterocycles. The Morgan fingerprint density at radius 1 is 1.33 bits per heavy atom. The van der Waals surface area contributed by atoms with E-state index in [0.717, 1.165) is 0 Å². The maximum absolute atomic E-state index is 14.3. The summed E-state index contributed by atoms with van der Waals surface area (Å²) in [6.45, 7) is 2.62. The molecule has 0 aliphatic carbocycles. The van der Waals surface area contributed by atoms with Crippen LogP contribution in [0.15, 0.2) is 18.2 Å². The minimum absolute atomic E-state index is 0.101. The van der Waals surface area contributed by atoms with Gasteiger partial charge in [-0.25, -0.2) is 4.39 Å². The van der Waals surface area contributed by atoms with E-state index in [-0.39, 0.29) is 24.3 Å². The molecule has 2 aliphatic heterocycles. The van der Waals surface area contributed by atoms with E-state index in [9.17, 15) is 9.18 Å². The Balaban J connectivity index is 1.79. The fourth-order valence-corrected chi connectivity index (χ4v) is 2.73. The van der Waals surface area contributed by atoms with Crippen LogP contribution in [0.25, 0.3) is 0 Å². The summed E-state index contributed by atoms with van der Waals surface area (Å²) >= 11 is 5.65. The number of carbonyl (C=O) groups is 1. The van der Waals surface area contributed by atoms with Crippen molar-refractivity contribution in [3.05, 3.63) is 24.0 Å². The Morgan fingerprint density at radius 3 is 2.71 bits per heavy atom. The third-order valence-corrected chi connectivity index (χ3v) is 3.96. The fourth-order valence-electron chi connectivity index (χ4n) is 2.51. The van der Waals surface area contributed by atoms with Crippen LogP contribution in [-0.4, -0.2) is 50.9 Å². The largest absolute Gasteiger partial charge is 0.378 e. The van der Waals surface area contributed by atoms with E-state index in [1.807, 2.05) is 4.90 Å². The Morgan fingerprint density at radius 2 is 2.10 bits per heavy atom. The third kappa shape index (κ3) is 2.84. The first-order valence-electron chi connectivity index (χ1n) is 6.82. The van der Waals surface area contributed by atoms with Gasteiger partial charge in [0.1, 0.15) is 12.5 Å². The van der Waals surface area contributed by atoms with Gasteiger partial charge >= 0.3 is 0 Å². The van der Waals surface area contributed by atoms with E-state index in [1.165, 1.54) is 11.0 Å². The van der Waals surface area contributed by atoms with Gasteiger partial charge in [0, 0.05) is 18.8 Å². The van der Waals surface area contributed by atoms with Crippen LogP contribution in [0.1, 0.15) is 0 Å². The smallest absolute Gasteiger partial charge is 0.259 e. The number of amides is 1. The first-order valence-corrected chi connectivity index (χ1v) is 7.35. The molecule has 1 aromatic carbocycles. The highest BCUT2D eigenvalue weighted by Gasteiger charge is 2.33. The number of carbonyl (C=O) groups excluding carboxylic acids is 1. The van der Waals surface area contributed by atoms with Crippen molar-refractivity contribution in [1.29, 1.82) is 0 Å². The maximum Gasteiger partial charge on any atom is 0.259 e. The predicted octanol–water partition coefficient (Wildman–Crippen LogP) is 1.59. The minimum atomic E-state index is -0.645. The highest BCUT2D eigenvalue weighted by molar-refractivity contribution is 6.20. The molecule has 114 valence electrons. The number of morpholine rings is 1. The van der Waals surface area contributed by atoms with Crippen LogP contribution in [0.4, 0.5) is 15.8 Å². The molecule has 2 aliphatic rings. The Hall–Kier alpha value is -1.37. The molecule has 0 unspecified atom stereocenters. The monoisotopic (exact) mass is 314 g/mol. The summed E-state index contributed by atoms with van der Waals surface area (Å²) < 4.78 is 24.8. The number of hydrogen-bond donors (Lipinski definition) is 0. The normalized spacial score (nSPS) is 23.0. The molecule has 3 rings (SSSR count). The van der Waals surface area contributed by atoms with Crippen molar-refractivity contribution in [1.82, 2.24) is 0 Å². The van der Waals surface area contributed by atoms with E-state index in [0.29, 0.717) is 37.7 Å². The van der Waals surface area contributed by atoms with E-state index in [4.69, 9.17) is 21.1 Å². The Labute approximate surface area is 127 Å². The van der Waals surface area contributed by atoms with Crippen molar-refractivity contribution in [2.45, 2.75) is 6.10 Å². The van der Waals surface area contributed by atoms with Crippen molar-refractivity contribution in [3.8, 4) is 0 Å². The average Bonchev–Trinajstić information content (AvgIpc) is 2.89. The summed E-state index contributed by atoms with van der Waals surface area (Å²) in [5.74, 6) is -0.482. The molecule has 0 aromatic heterocycles. The van der Waals surface area contributed by atoms with Crippen LogP contribution in [-0.2, 0) is 14.3 Å². The number of hydrogen-bond acceptors (Lipinski definition) is 4. The molecule has 2 fully saturated rings. The van der Waals surface area contributed by atoms with Crippen LogP contribution in [0, 0.1) is 5.82 Å². The van der Waals surface area contributed by atoms with Gasteiger partial charge in [0.25, 0.3) is 5.91 Å². The number of alkyl halides is 1. The van der Waals surface area contributed by atoms with Gasteiger partial charge in [-0.3, -0.25) is 9.69 Å². The quantitative estimate of drug-likeness (QED) is 0.795. The van der Waals surface area contributed by atoms with E-state index in [2.05, 4.69) is 0 Å². The number of anilines is 2. The molecular weight excluding hydrogens is 299 g/mol. The number of halogens is 2. The lowest BCUT2D eigenvalue weighted by atomic mass is 10.2. The molecule has 0 spiro atoms. The highest BCUT2D eigenvalue weighted by Crippen LogP contribution is 2.28. The zero-order valence-electron chi connectivity index (χ0n) is 11.4. The van der Waals surface area contributed by atoms with Gasteiger partial charge in [0.2, 0.25) is 0 Å². The third-order valence-electron chi connectivity index (χ3n) is 3.68. The van der Waals surface area contributed by atoms with Gasteiger partial charge in [0.05, 0.1) is 24.8 Å². The van der Waals surface area contributed by atoms with Crippen molar-refractivity contribution < 1.29 is 18.7 Å². The van der Waals surface area contributed by atoms with Crippen molar-refractivity contribution >= 4 is 28.9 Å². The first-order chi connectivity index (χ1) is 10.2. The zero-order valence-corrected chi connectivity index (χ0v) is 12.2. The van der Waals surface area contributed by atoms with Crippen molar-refractivity contribution in [2.24, 2.45) is 0 Å². The van der Waals surface area contributed by atoms with Crippen molar-refractivity contribution in [3.63, 3.8) is 0 Å². The first kappa shape index (κ1) is 14.6. The SMILES string of the molecule is O=C1[C@H](CCl)OCN1c1ccc(N2CCOCC2)c(F)c1. The summed E-state index contributed by atoms with van der Waals surface area (Å²) in [5, 5.41) is 0. The summed E-state index contributed by atoms with van der Waals surface area (Å²) in [6, 6.07) is 4.78. The number of nitrogens with zero attached hydrogens (tertiary/aromatic N) is 2. The lowest BCUT2D eigenvalue weighted by molar-refractivity contribution is -0.121. The lowest BCUT2D eigenvalue weighted by Crippen LogP contribution is -2.36. The summed E-state index contributed by atoms with van der Waals surface area (Å²) in [4.78, 5) is 15.3. The van der Waals surface area contributed by atoms with E-state index in [1.54, 1.807) is 12.1 Å². The lowest BCUT2D eigenvalue weighted by Gasteiger charge is -2.29. The molecule has 7 heteroatoms. The molecule has 1 atom stereocenters. The molecule has 2 saturated heterocycles. The average molecular weight is 315 g/mol. The molecule has 5 nitrogen and oxygen atoms in total. The van der Waals surface area contributed by atoms with Crippen LogP contribution >= 0.6 is 11.6 Å². The van der Waals surface area contributed by atoms with Gasteiger partial charge in [0.15, 0.2) is 6.10 Å². The number of benzene rings is 1. The number of ether oxygens (including phenoxy) is 2. The fraction of sp³-hybridized carbons (Fsp3) is 0.500. The molecular formula is C14H16ClFN2O3. The van der Waals surface area contributed by atoms with Crippen LogP contribution < -0.4 is 9.80 Å². The molecule has 21 heavy (non-hydrogen) atoms. The van der Waals surface area contributed by atoms with Gasteiger partial charge in [-0.1, -0.05) is 0 Å². The van der Waals surface area contributed by atoms with Gasteiger partial charge in [-0.05, 0) is 18.2 Å². The highest BCUT2D eigenvalue weighted by atomic mass is 35.5. The molecule has 0 bridgehead atoms. The van der Waals surface area contributed by atoms with Crippen molar-refractivity contribution in [2.75, 3.05) is 48.7 Å². The number of rotatable bonds is 3. The second-order valence-corrected chi connectivity index (χ2v) is 5.25. The predicted molar refractivity (Wildman–Crippen MR) is 77.4 cm³/mol. The maximum atomic E-state index is 14.3. The summed E-state index contributed by atoms with van der Waals surface area (Å²) in [5.41, 5.74) is 1.02. The Kier molecular flexibility index (Phi) is 4.28. The summed E-state index contributed by atoms with van der Waals surface area (Å²) in [7, 11) is 0. The molecule has 1 amide bonds.